The van der Waals surface area contributed by atoms with Gasteiger partial charge in [-0.25, -0.2) is 4.68 Å². The van der Waals surface area contributed by atoms with Crippen LogP contribution in [0.25, 0.3) is 0 Å². The van der Waals surface area contributed by atoms with Crippen LogP contribution < -0.4 is 10.2 Å². The van der Waals surface area contributed by atoms with Crippen molar-refractivity contribution in [2.75, 3.05) is 4.90 Å². The number of pyridine rings is 1. The van der Waals surface area contributed by atoms with Crippen LogP contribution in [0, 0.1) is 6.92 Å². The summed E-state index contributed by atoms with van der Waals surface area (Å²) in [5, 5.41) is 7.29. The quantitative estimate of drug-likeness (QED) is 0.900. The standard InChI is InChI=1S/C17H21N5O2/c1-3-14(17(24)19-11-13-5-4-7-18-10-13)22-15-9-12(2)20-21(15)8-6-16(22)23/h4-5,7,9-10,14H,3,6,8,11H2,1-2H3,(H,19,24)/t14-/m0/s1. The van der Waals surface area contributed by atoms with Crippen molar-refractivity contribution in [3.8, 4) is 0 Å². The maximum absolute atomic E-state index is 12.7. The van der Waals surface area contributed by atoms with Crippen LogP contribution >= 0.6 is 0 Å². The fourth-order valence-electron chi connectivity index (χ4n) is 2.97. The van der Waals surface area contributed by atoms with Crippen LogP contribution in [0.5, 0.6) is 0 Å². The second-order valence-electron chi connectivity index (χ2n) is 5.88. The second kappa shape index (κ2) is 6.82. The number of amides is 2. The molecular weight excluding hydrogens is 306 g/mol. The van der Waals surface area contributed by atoms with Crippen molar-refractivity contribution in [1.82, 2.24) is 20.1 Å². The van der Waals surface area contributed by atoms with Gasteiger partial charge in [0.15, 0.2) is 0 Å². The Kier molecular flexibility index (Phi) is 4.59. The fraction of sp³-hybridized carbons (Fsp3) is 0.412. The molecule has 7 heteroatoms. The van der Waals surface area contributed by atoms with Crippen molar-refractivity contribution in [2.24, 2.45) is 0 Å². The van der Waals surface area contributed by atoms with Gasteiger partial charge in [0.1, 0.15) is 11.9 Å². The summed E-state index contributed by atoms with van der Waals surface area (Å²) in [6.45, 7) is 4.75. The number of rotatable bonds is 5. The van der Waals surface area contributed by atoms with Gasteiger partial charge in [0.2, 0.25) is 11.8 Å². The van der Waals surface area contributed by atoms with E-state index in [-0.39, 0.29) is 11.8 Å². The van der Waals surface area contributed by atoms with Crippen molar-refractivity contribution in [3.05, 3.63) is 41.9 Å². The lowest BCUT2D eigenvalue weighted by Gasteiger charge is -2.33. The molecule has 126 valence electrons. The first-order valence-corrected chi connectivity index (χ1v) is 8.13. The molecule has 1 atom stereocenters. The Hall–Kier alpha value is -2.70. The molecule has 0 unspecified atom stereocenters. The van der Waals surface area contributed by atoms with Gasteiger partial charge in [0.05, 0.1) is 12.2 Å². The highest BCUT2D eigenvalue weighted by Gasteiger charge is 2.34. The van der Waals surface area contributed by atoms with Crippen molar-refractivity contribution in [1.29, 1.82) is 0 Å². The minimum atomic E-state index is -0.538. The van der Waals surface area contributed by atoms with Crippen molar-refractivity contribution in [3.63, 3.8) is 0 Å². The van der Waals surface area contributed by atoms with Gasteiger partial charge in [-0.05, 0) is 25.0 Å². The van der Waals surface area contributed by atoms with Crippen LogP contribution in [0.15, 0.2) is 30.6 Å². The minimum Gasteiger partial charge on any atom is -0.350 e. The highest BCUT2D eigenvalue weighted by Crippen LogP contribution is 2.26. The van der Waals surface area contributed by atoms with E-state index in [4.69, 9.17) is 0 Å². The van der Waals surface area contributed by atoms with Crippen LogP contribution in [0.1, 0.15) is 31.0 Å². The number of carbonyl (C=O) groups excluding carboxylic acids is 2. The lowest BCUT2D eigenvalue weighted by molar-refractivity contribution is -0.127. The Morgan fingerprint density at radius 2 is 2.29 bits per heavy atom. The van der Waals surface area contributed by atoms with Crippen LogP contribution in [-0.4, -0.2) is 32.6 Å². The van der Waals surface area contributed by atoms with E-state index in [1.54, 1.807) is 22.0 Å². The van der Waals surface area contributed by atoms with Crippen molar-refractivity contribution in [2.45, 2.75) is 45.8 Å². The van der Waals surface area contributed by atoms with E-state index in [9.17, 15) is 9.59 Å². The van der Waals surface area contributed by atoms with E-state index in [1.807, 2.05) is 32.0 Å². The van der Waals surface area contributed by atoms with Gasteiger partial charge in [-0.1, -0.05) is 13.0 Å². The molecule has 0 radical (unpaired) electrons. The van der Waals surface area contributed by atoms with Gasteiger partial charge in [0.25, 0.3) is 0 Å². The zero-order chi connectivity index (χ0) is 17.1. The lowest BCUT2D eigenvalue weighted by atomic mass is 10.1. The van der Waals surface area contributed by atoms with Crippen LogP contribution in [0.3, 0.4) is 0 Å². The Labute approximate surface area is 140 Å². The summed E-state index contributed by atoms with van der Waals surface area (Å²) in [6.07, 6.45) is 4.30. The first-order chi connectivity index (χ1) is 11.6. The summed E-state index contributed by atoms with van der Waals surface area (Å²) < 4.78 is 1.80. The van der Waals surface area contributed by atoms with Gasteiger partial charge in [-0.2, -0.15) is 5.10 Å². The Balaban J connectivity index is 1.77. The topological polar surface area (TPSA) is 80.1 Å². The molecule has 0 saturated heterocycles. The van der Waals surface area contributed by atoms with Gasteiger partial charge in [-0.15, -0.1) is 0 Å². The zero-order valence-corrected chi connectivity index (χ0v) is 13.9. The lowest BCUT2D eigenvalue weighted by Crippen LogP contribution is -2.52. The largest absolute Gasteiger partial charge is 0.350 e. The normalized spacial score (nSPS) is 15.1. The molecule has 1 aliphatic heterocycles. The average Bonchev–Trinajstić information content (AvgIpc) is 2.97. The predicted molar refractivity (Wildman–Crippen MR) is 89.2 cm³/mol. The number of hydrogen-bond acceptors (Lipinski definition) is 4. The summed E-state index contributed by atoms with van der Waals surface area (Å²) in [7, 11) is 0. The summed E-state index contributed by atoms with van der Waals surface area (Å²) in [6, 6.07) is 5.05. The third kappa shape index (κ3) is 3.15. The summed E-state index contributed by atoms with van der Waals surface area (Å²) >= 11 is 0. The van der Waals surface area contributed by atoms with E-state index in [0.717, 1.165) is 11.3 Å². The van der Waals surface area contributed by atoms with Crippen LogP contribution in [-0.2, 0) is 22.7 Å². The molecule has 7 nitrogen and oxygen atoms in total. The van der Waals surface area contributed by atoms with Crippen molar-refractivity contribution >= 4 is 17.6 Å². The van der Waals surface area contributed by atoms with Gasteiger partial charge >= 0.3 is 0 Å². The highest BCUT2D eigenvalue weighted by atomic mass is 16.2. The Morgan fingerprint density at radius 1 is 1.46 bits per heavy atom. The zero-order valence-electron chi connectivity index (χ0n) is 13.9. The van der Waals surface area contributed by atoms with Gasteiger partial charge in [-0.3, -0.25) is 19.5 Å². The maximum atomic E-state index is 12.7. The number of nitrogens with one attached hydrogen (secondary N) is 1. The SMILES string of the molecule is CC[C@@H](C(=O)NCc1cccnc1)N1C(=O)CCn2nc(C)cc21. The van der Waals surface area contributed by atoms with Gasteiger partial charge < -0.3 is 5.32 Å². The van der Waals surface area contributed by atoms with Crippen LogP contribution in [0.4, 0.5) is 5.82 Å². The number of fused-ring (bicyclic) bond motifs is 1. The van der Waals surface area contributed by atoms with E-state index in [2.05, 4.69) is 15.4 Å². The predicted octanol–water partition coefficient (Wildman–Crippen LogP) is 1.42. The van der Waals surface area contributed by atoms with E-state index >= 15 is 0 Å². The smallest absolute Gasteiger partial charge is 0.243 e. The fourth-order valence-corrected chi connectivity index (χ4v) is 2.97. The third-order valence-electron chi connectivity index (χ3n) is 4.12. The van der Waals surface area contributed by atoms with E-state index in [1.165, 1.54) is 0 Å². The second-order valence-corrected chi connectivity index (χ2v) is 5.88. The molecule has 2 aromatic rings. The molecule has 3 heterocycles. The third-order valence-corrected chi connectivity index (χ3v) is 4.12. The maximum Gasteiger partial charge on any atom is 0.243 e. The van der Waals surface area contributed by atoms with E-state index in [0.29, 0.717) is 31.7 Å². The van der Waals surface area contributed by atoms with Crippen molar-refractivity contribution < 1.29 is 9.59 Å². The van der Waals surface area contributed by atoms with Crippen LogP contribution in [0.2, 0.25) is 0 Å². The minimum absolute atomic E-state index is 0.0363. The molecule has 0 spiro atoms. The molecular formula is C17H21N5O2. The number of carbonyl (C=O) groups is 2. The molecule has 2 amide bonds. The summed E-state index contributed by atoms with van der Waals surface area (Å²) in [5.41, 5.74) is 1.77. The monoisotopic (exact) mass is 327 g/mol. The van der Waals surface area contributed by atoms with Gasteiger partial charge in [0, 0.05) is 31.4 Å². The highest BCUT2D eigenvalue weighted by molar-refractivity contribution is 6.00. The number of aromatic nitrogens is 3. The molecule has 24 heavy (non-hydrogen) atoms. The number of nitrogens with zero attached hydrogens (tertiary/aromatic N) is 4. The Morgan fingerprint density at radius 3 is 3.00 bits per heavy atom. The molecule has 0 aromatic carbocycles. The summed E-state index contributed by atoms with van der Waals surface area (Å²) in [5.74, 6) is 0.500. The molecule has 0 saturated carbocycles. The molecule has 0 aliphatic carbocycles. The number of aryl methyl sites for hydroxylation is 2. The first kappa shape index (κ1) is 16.2. The molecule has 0 bridgehead atoms. The first-order valence-electron chi connectivity index (χ1n) is 8.13. The molecule has 2 aromatic heterocycles. The number of hydrogen-bond donors (Lipinski definition) is 1. The number of anilines is 1. The molecule has 0 fully saturated rings. The van der Waals surface area contributed by atoms with E-state index < -0.39 is 6.04 Å². The summed E-state index contributed by atoms with van der Waals surface area (Å²) in [4.78, 5) is 30.7. The molecule has 1 aliphatic rings. The molecule has 1 N–H and O–H groups in total. The Bertz CT molecular complexity index is 741. The average molecular weight is 327 g/mol. The molecule has 3 rings (SSSR count).